The van der Waals surface area contributed by atoms with E-state index in [-0.39, 0.29) is 16.7 Å². The number of benzene rings is 3. The highest BCUT2D eigenvalue weighted by atomic mass is 32.2. The maximum absolute atomic E-state index is 13.8. The summed E-state index contributed by atoms with van der Waals surface area (Å²) in [5.74, 6) is -0.815. The van der Waals surface area contributed by atoms with Crippen LogP contribution in [-0.2, 0) is 11.3 Å². The molecule has 1 fully saturated rings. The van der Waals surface area contributed by atoms with Gasteiger partial charge in [-0.15, -0.1) is 0 Å². The molecule has 1 saturated heterocycles. The van der Waals surface area contributed by atoms with Crippen LogP contribution < -0.4 is 0 Å². The number of hydrogen-bond acceptors (Lipinski definition) is 3. The third kappa shape index (κ3) is 3.02. The minimum atomic E-state index is -0.423. The molecule has 0 aromatic heterocycles. The van der Waals surface area contributed by atoms with E-state index in [2.05, 4.69) is 0 Å². The monoisotopic (exact) mass is 363 g/mol. The lowest BCUT2D eigenvalue weighted by Gasteiger charge is -2.14. The molecule has 4 rings (SSSR count). The molecule has 0 bridgehead atoms. The summed E-state index contributed by atoms with van der Waals surface area (Å²) >= 11 is 0.842. The van der Waals surface area contributed by atoms with Crippen molar-refractivity contribution in [3.63, 3.8) is 0 Å². The second-order valence-corrected chi connectivity index (χ2v) is 6.92. The van der Waals surface area contributed by atoms with Crippen molar-refractivity contribution in [2.24, 2.45) is 0 Å². The zero-order valence-corrected chi connectivity index (χ0v) is 14.5. The molecule has 26 heavy (non-hydrogen) atoms. The summed E-state index contributed by atoms with van der Waals surface area (Å²) < 4.78 is 13.8. The van der Waals surface area contributed by atoms with E-state index in [0.29, 0.717) is 5.56 Å². The Balaban J connectivity index is 1.65. The molecule has 2 amide bonds. The van der Waals surface area contributed by atoms with E-state index >= 15 is 0 Å². The van der Waals surface area contributed by atoms with Crippen molar-refractivity contribution in [2.45, 2.75) is 6.54 Å². The Kier molecular flexibility index (Phi) is 4.31. The van der Waals surface area contributed by atoms with Crippen LogP contribution in [0.25, 0.3) is 16.8 Å². The molecule has 3 aromatic carbocycles. The Morgan fingerprint density at radius 3 is 2.50 bits per heavy atom. The van der Waals surface area contributed by atoms with Crippen LogP contribution in [0, 0.1) is 5.82 Å². The zero-order valence-electron chi connectivity index (χ0n) is 13.7. The molecule has 128 valence electrons. The second-order valence-electron chi connectivity index (χ2n) is 5.93. The lowest BCUT2D eigenvalue weighted by atomic mass is 10.0. The molecule has 0 spiro atoms. The smallest absolute Gasteiger partial charge is 0.268 e. The molecule has 1 aliphatic rings. The molecule has 0 unspecified atom stereocenters. The third-order valence-corrected chi connectivity index (χ3v) is 5.18. The van der Waals surface area contributed by atoms with Gasteiger partial charge in [0.25, 0.3) is 11.1 Å². The van der Waals surface area contributed by atoms with E-state index in [1.54, 1.807) is 18.2 Å². The molecule has 0 aliphatic carbocycles. The predicted molar refractivity (Wildman–Crippen MR) is 102 cm³/mol. The number of carbonyl (C=O) groups excluding carboxylic acids is 2. The van der Waals surface area contributed by atoms with Crippen LogP contribution in [0.15, 0.2) is 71.6 Å². The maximum atomic E-state index is 13.8. The molecule has 0 saturated carbocycles. The number of halogens is 1. The highest BCUT2D eigenvalue weighted by Gasteiger charge is 2.35. The number of amides is 2. The van der Waals surface area contributed by atoms with E-state index in [0.717, 1.165) is 28.1 Å². The van der Waals surface area contributed by atoms with Gasteiger partial charge in [-0.3, -0.25) is 14.5 Å². The molecule has 0 radical (unpaired) electrons. The molecular formula is C21H14FNO2S. The topological polar surface area (TPSA) is 37.4 Å². The Morgan fingerprint density at radius 2 is 1.65 bits per heavy atom. The lowest BCUT2D eigenvalue weighted by Crippen LogP contribution is -2.27. The third-order valence-electron chi connectivity index (χ3n) is 4.27. The van der Waals surface area contributed by atoms with Gasteiger partial charge in [0.2, 0.25) is 0 Å². The van der Waals surface area contributed by atoms with Gasteiger partial charge in [0.05, 0.1) is 11.4 Å². The van der Waals surface area contributed by atoms with Crippen molar-refractivity contribution < 1.29 is 14.0 Å². The highest BCUT2D eigenvalue weighted by Crippen LogP contribution is 2.34. The second kappa shape index (κ2) is 6.77. The summed E-state index contributed by atoms with van der Waals surface area (Å²) in [5.41, 5.74) is 1.20. The average Bonchev–Trinajstić information content (AvgIpc) is 2.91. The largest absolute Gasteiger partial charge is 0.293 e. The van der Waals surface area contributed by atoms with Crippen LogP contribution in [0.2, 0.25) is 0 Å². The van der Waals surface area contributed by atoms with E-state index in [1.165, 1.54) is 17.0 Å². The molecule has 1 aliphatic heterocycles. The molecule has 0 N–H and O–H groups in total. The van der Waals surface area contributed by atoms with Gasteiger partial charge in [0.1, 0.15) is 5.82 Å². The average molecular weight is 363 g/mol. The Labute approximate surface area is 154 Å². The van der Waals surface area contributed by atoms with Gasteiger partial charge in [-0.1, -0.05) is 60.7 Å². The quantitative estimate of drug-likeness (QED) is 0.599. The van der Waals surface area contributed by atoms with Crippen LogP contribution in [0.1, 0.15) is 11.1 Å². The predicted octanol–water partition coefficient (Wildman–Crippen LogP) is 5.22. The summed E-state index contributed by atoms with van der Waals surface area (Å²) in [5, 5.41) is 1.72. The van der Waals surface area contributed by atoms with Gasteiger partial charge in [0, 0.05) is 5.56 Å². The first-order valence-electron chi connectivity index (χ1n) is 8.10. The Hall–Kier alpha value is -2.92. The number of hydrogen-bond donors (Lipinski definition) is 0. The van der Waals surface area contributed by atoms with Crippen molar-refractivity contribution >= 4 is 39.8 Å². The van der Waals surface area contributed by atoms with Crippen LogP contribution in [0.5, 0.6) is 0 Å². The van der Waals surface area contributed by atoms with E-state index < -0.39 is 11.7 Å². The Bertz CT molecular complexity index is 1060. The normalized spacial score (nSPS) is 16.0. The van der Waals surface area contributed by atoms with Crippen LogP contribution in [0.4, 0.5) is 9.18 Å². The maximum Gasteiger partial charge on any atom is 0.293 e. The zero-order chi connectivity index (χ0) is 18.1. The minimum Gasteiger partial charge on any atom is -0.268 e. The molecule has 5 heteroatoms. The first-order valence-corrected chi connectivity index (χ1v) is 8.92. The van der Waals surface area contributed by atoms with Crippen molar-refractivity contribution in [1.82, 2.24) is 4.90 Å². The molecule has 3 aromatic rings. The highest BCUT2D eigenvalue weighted by molar-refractivity contribution is 8.18. The van der Waals surface area contributed by atoms with Gasteiger partial charge in [-0.2, -0.15) is 0 Å². The van der Waals surface area contributed by atoms with E-state index in [1.807, 2.05) is 42.5 Å². The first kappa shape index (κ1) is 16.5. The van der Waals surface area contributed by atoms with Crippen molar-refractivity contribution in [3.8, 4) is 0 Å². The summed E-state index contributed by atoms with van der Waals surface area (Å²) in [6.45, 7) is 0.195. The summed E-state index contributed by atoms with van der Waals surface area (Å²) in [6, 6.07) is 19.8. The number of rotatable bonds is 3. The van der Waals surface area contributed by atoms with E-state index in [9.17, 15) is 14.0 Å². The van der Waals surface area contributed by atoms with Gasteiger partial charge in [-0.25, -0.2) is 4.39 Å². The number of thioether (sulfide) groups is 1. The van der Waals surface area contributed by atoms with Crippen LogP contribution in [-0.4, -0.2) is 16.0 Å². The molecule has 1 heterocycles. The fourth-order valence-electron chi connectivity index (χ4n) is 2.97. The first-order chi connectivity index (χ1) is 12.6. The minimum absolute atomic E-state index is 0.195. The number of nitrogens with zero attached hydrogens (tertiary/aromatic N) is 1. The van der Waals surface area contributed by atoms with Gasteiger partial charge in [-0.05, 0) is 40.2 Å². The standard InChI is InChI=1S/C21H14FNO2S/c22-18-11-4-2-7-15(18)12-19-20(24)23(21(25)26-19)13-16-9-5-8-14-6-1-3-10-17(14)16/h1-12H,13H2/b19-12+. The van der Waals surface area contributed by atoms with Crippen LogP contribution in [0.3, 0.4) is 0 Å². The van der Waals surface area contributed by atoms with Gasteiger partial charge < -0.3 is 0 Å². The van der Waals surface area contributed by atoms with Crippen molar-refractivity contribution in [1.29, 1.82) is 0 Å². The van der Waals surface area contributed by atoms with Gasteiger partial charge >= 0.3 is 0 Å². The van der Waals surface area contributed by atoms with Crippen LogP contribution >= 0.6 is 11.8 Å². The lowest BCUT2D eigenvalue weighted by molar-refractivity contribution is -0.123. The summed E-state index contributed by atoms with van der Waals surface area (Å²) in [4.78, 5) is 26.5. The fraction of sp³-hybridized carbons (Fsp3) is 0.0476. The molecular weight excluding hydrogens is 349 g/mol. The van der Waals surface area contributed by atoms with Crippen molar-refractivity contribution in [3.05, 3.63) is 88.6 Å². The summed E-state index contributed by atoms with van der Waals surface area (Å²) in [7, 11) is 0. The number of imide groups is 1. The fourth-order valence-corrected chi connectivity index (χ4v) is 3.80. The van der Waals surface area contributed by atoms with Gasteiger partial charge in [0.15, 0.2) is 0 Å². The van der Waals surface area contributed by atoms with Crippen molar-refractivity contribution in [2.75, 3.05) is 0 Å². The van der Waals surface area contributed by atoms with E-state index in [4.69, 9.17) is 0 Å². The molecule has 0 atom stereocenters. The SMILES string of the molecule is O=C1S/C(=C/c2ccccc2F)C(=O)N1Cc1cccc2ccccc12. The molecule has 3 nitrogen and oxygen atoms in total. The number of fused-ring (bicyclic) bond motifs is 1. The summed E-state index contributed by atoms with van der Waals surface area (Å²) in [6.07, 6.45) is 1.43. The number of carbonyl (C=O) groups is 2. The Morgan fingerprint density at radius 1 is 0.923 bits per heavy atom.